The van der Waals surface area contributed by atoms with Crippen LogP contribution in [0.2, 0.25) is 0 Å². The van der Waals surface area contributed by atoms with E-state index in [9.17, 15) is 4.79 Å². The smallest absolute Gasteiger partial charge is 0.344 e. The quantitative estimate of drug-likeness (QED) is 0.0715. The van der Waals surface area contributed by atoms with E-state index >= 15 is 0 Å². The standard InChI is InChI=1S/C29H28IN7O3/c1-2-39-25-18-20(14-15-24(25)40-26(38)22-12-6-7-13-23(22)30)19-31-36-28-33-27(32-21-10-4-3-5-11-21)34-29(35-28)37-16-8-9-17-37/h3-7,10-15,18-19H,2,8-9,16-17H2,1H3,(H2,32,33,34,35,36)/b31-19+. The number of carbonyl (C=O) groups is 1. The first-order valence-electron chi connectivity index (χ1n) is 12.9. The van der Waals surface area contributed by atoms with Crippen LogP contribution in [0.5, 0.6) is 11.5 Å². The van der Waals surface area contributed by atoms with Crippen molar-refractivity contribution in [1.82, 2.24) is 15.0 Å². The first-order chi connectivity index (χ1) is 19.6. The van der Waals surface area contributed by atoms with Crippen LogP contribution in [0.15, 0.2) is 77.9 Å². The number of nitrogens with zero attached hydrogens (tertiary/aromatic N) is 5. The second-order valence-corrected chi connectivity index (χ2v) is 10.0. The molecule has 4 aromatic rings. The number of hydrazone groups is 1. The van der Waals surface area contributed by atoms with Gasteiger partial charge in [-0.2, -0.15) is 20.1 Å². The van der Waals surface area contributed by atoms with Gasteiger partial charge in [0, 0.05) is 22.3 Å². The number of esters is 1. The Morgan fingerprint density at radius 3 is 2.50 bits per heavy atom. The van der Waals surface area contributed by atoms with E-state index < -0.39 is 5.97 Å². The predicted octanol–water partition coefficient (Wildman–Crippen LogP) is 5.88. The van der Waals surface area contributed by atoms with Gasteiger partial charge in [-0.3, -0.25) is 0 Å². The van der Waals surface area contributed by atoms with Crippen LogP contribution in [0.4, 0.5) is 23.5 Å². The molecule has 1 aliphatic heterocycles. The van der Waals surface area contributed by atoms with E-state index in [0.717, 1.165) is 40.8 Å². The highest BCUT2D eigenvalue weighted by molar-refractivity contribution is 14.1. The van der Waals surface area contributed by atoms with Crippen molar-refractivity contribution < 1.29 is 14.3 Å². The van der Waals surface area contributed by atoms with Gasteiger partial charge in [-0.1, -0.05) is 30.3 Å². The maximum absolute atomic E-state index is 12.7. The van der Waals surface area contributed by atoms with Crippen molar-refractivity contribution >= 4 is 58.3 Å². The fourth-order valence-corrected chi connectivity index (χ4v) is 4.69. The molecule has 1 aromatic heterocycles. The SMILES string of the molecule is CCOc1cc(/C=N/Nc2nc(Nc3ccccc3)nc(N3CCCC3)n2)ccc1OC(=O)c1ccccc1I. The van der Waals surface area contributed by atoms with E-state index in [1.54, 1.807) is 36.5 Å². The zero-order valence-corrected chi connectivity index (χ0v) is 24.0. The van der Waals surface area contributed by atoms with E-state index in [2.05, 4.69) is 58.3 Å². The van der Waals surface area contributed by atoms with Gasteiger partial charge in [-0.25, -0.2) is 10.2 Å². The first kappa shape index (κ1) is 27.3. The minimum atomic E-state index is -0.447. The molecule has 10 nitrogen and oxygen atoms in total. The topological polar surface area (TPSA) is 114 Å². The summed E-state index contributed by atoms with van der Waals surface area (Å²) in [5.41, 5.74) is 5.03. The maximum atomic E-state index is 12.7. The molecule has 0 amide bonds. The third kappa shape index (κ3) is 7.03. The Kier molecular flexibility index (Phi) is 9.01. The van der Waals surface area contributed by atoms with Crippen molar-refractivity contribution in [3.63, 3.8) is 0 Å². The minimum absolute atomic E-state index is 0.319. The summed E-state index contributed by atoms with van der Waals surface area (Å²) < 4.78 is 12.2. The Morgan fingerprint density at radius 2 is 1.73 bits per heavy atom. The summed E-state index contributed by atoms with van der Waals surface area (Å²) in [6.07, 6.45) is 3.83. The fraction of sp³-hybridized carbons (Fsp3) is 0.207. The summed E-state index contributed by atoms with van der Waals surface area (Å²) in [6, 6.07) is 22.2. The molecule has 0 unspecified atom stereocenters. The van der Waals surface area contributed by atoms with Gasteiger partial charge < -0.3 is 19.7 Å². The Balaban J connectivity index is 1.32. The van der Waals surface area contributed by atoms with Gasteiger partial charge >= 0.3 is 5.97 Å². The fourth-order valence-electron chi connectivity index (χ4n) is 4.08. The number of benzene rings is 3. The van der Waals surface area contributed by atoms with Gasteiger partial charge in [0.15, 0.2) is 11.5 Å². The molecule has 3 aromatic carbocycles. The highest BCUT2D eigenvalue weighted by Crippen LogP contribution is 2.29. The first-order valence-corrected chi connectivity index (χ1v) is 14.0. The van der Waals surface area contributed by atoms with E-state index in [1.807, 2.05) is 49.4 Å². The molecule has 0 saturated carbocycles. The number of halogens is 1. The second kappa shape index (κ2) is 13.2. The summed E-state index contributed by atoms with van der Waals surface area (Å²) in [5.74, 6) is 1.68. The molecule has 40 heavy (non-hydrogen) atoms. The molecule has 1 saturated heterocycles. The predicted molar refractivity (Wildman–Crippen MR) is 164 cm³/mol. The summed E-state index contributed by atoms with van der Waals surface area (Å²) >= 11 is 2.11. The lowest BCUT2D eigenvalue weighted by Gasteiger charge is -2.16. The molecule has 0 spiro atoms. The van der Waals surface area contributed by atoms with Crippen LogP contribution in [-0.4, -0.2) is 46.8 Å². The van der Waals surface area contributed by atoms with Crippen molar-refractivity contribution in [1.29, 1.82) is 0 Å². The molecule has 0 aliphatic carbocycles. The van der Waals surface area contributed by atoms with Crippen LogP contribution < -0.4 is 25.1 Å². The van der Waals surface area contributed by atoms with E-state index in [-0.39, 0.29) is 0 Å². The van der Waals surface area contributed by atoms with Crippen LogP contribution in [0.3, 0.4) is 0 Å². The minimum Gasteiger partial charge on any atom is -0.490 e. The van der Waals surface area contributed by atoms with Crippen LogP contribution >= 0.6 is 22.6 Å². The Bertz CT molecular complexity index is 1490. The lowest BCUT2D eigenvalue weighted by molar-refractivity contribution is 0.0727. The molecule has 0 atom stereocenters. The Labute approximate surface area is 246 Å². The van der Waals surface area contributed by atoms with Crippen molar-refractivity contribution in [3.05, 3.63) is 87.5 Å². The number of rotatable bonds is 10. The zero-order chi connectivity index (χ0) is 27.7. The van der Waals surface area contributed by atoms with Crippen LogP contribution in [-0.2, 0) is 0 Å². The number of anilines is 4. The molecular weight excluding hydrogens is 621 g/mol. The maximum Gasteiger partial charge on any atom is 0.344 e. The summed E-state index contributed by atoms with van der Waals surface area (Å²) in [5, 5.41) is 7.58. The third-order valence-corrected chi connectivity index (χ3v) is 6.93. The van der Waals surface area contributed by atoms with Gasteiger partial charge in [0.05, 0.1) is 18.4 Å². The van der Waals surface area contributed by atoms with Crippen LogP contribution in [0.25, 0.3) is 0 Å². The molecule has 2 N–H and O–H groups in total. The average molecular weight is 649 g/mol. The van der Waals surface area contributed by atoms with Crippen molar-refractivity contribution in [2.75, 3.05) is 35.3 Å². The largest absolute Gasteiger partial charge is 0.490 e. The molecular formula is C29H28IN7O3. The number of hydrogen-bond donors (Lipinski definition) is 2. The molecule has 5 rings (SSSR count). The van der Waals surface area contributed by atoms with E-state index in [4.69, 9.17) is 9.47 Å². The Hall–Kier alpha value is -4.26. The van der Waals surface area contributed by atoms with Crippen LogP contribution in [0.1, 0.15) is 35.7 Å². The third-order valence-electron chi connectivity index (χ3n) is 5.98. The molecule has 204 valence electrons. The van der Waals surface area contributed by atoms with Gasteiger partial charge in [-0.15, -0.1) is 0 Å². The molecule has 1 aliphatic rings. The molecule has 0 radical (unpaired) electrons. The highest BCUT2D eigenvalue weighted by atomic mass is 127. The van der Waals surface area contributed by atoms with Crippen molar-refractivity contribution in [2.24, 2.45) is 5.10 Å². The van der Waals surface area contributed by atoms with E-state index in [0.29, 0.717) is 41.5 Å². The summed E-state index contributed by atoms with van der Waals surface area (Å²) in [4.78, 5) is 28.5. The normalized spacial score (nSPS) is 12.9. The van der Waals surface area contributed by atoms with Gasteiger partial charge in [0.1, 0.15) is 0 Å². The number of nitrogens with one attached hydrogen (secondary N) is 2. The number of para-hydroxylation sites is 1. The van der Waals surface area contributed by atoms with Gasteiger partial charge in [0.25, 0.3) is 0 Å². The lowest BCUT2D eigenvalue weighted by Crippen LogP contribution is -2.21. The molecule has 1 fully saturated rings. The summed E-state index contributed by atoms with van der Waals surface area (Å²) in [7, 11) is 0. The monoisotopic (exact) mass is 649 g/mol. The van der Waals surface area contributed by atoms with Crippen molar-refractivity contribution in [2.45, 2.75) is 19.8 Å². The molecule has 2 heterocycles. The lowest BCUT2D eigenvalue weighted by atomic mass is 10.2. The van der Waals surface area contributed by atoms with Crippen molar-refractivity contribution in [3.8, 4) is 11.5 Å². The zero-order valence-electron chi connectivity index (χ0n) is 21.9. The number of ether oxygens (including phenoxy) is 2. The summed E-state index contributed by atoms with van der Waals surface area (Å²) in [6.45, 7) is 4.08. The van der Waals surface area contributed by atoms with E-state index in [1.165, 1.54) is 0 Å². The number of aromatic nitrogens is 3. The van der Waals surface area contributed by atoms with Crippen LogP contribution in [0, 0.1) is 3.57 Å². The van der Waals surface area contributed by atoms with Gasteiger partial charge in [0.2, 0.25) is 17.8 Å². The number of hydrogen-bond acceptors (Lipinski definition) is 10. The van der Waals surface area contributed by atoms with Gasteiger partial charge in [-0.05, 0) is 90.4 Å². The average Bonchev–Trinajstić information content (AvgIpc) is 3.51. The highest BCUT2D eigenvalue weighted by Gasteiger charge is 2.18. The Morgan fingerprint density at radius 1 is 0.975 bits per heavy atom. The molecule has 11 heteroatoms. The number of carbonyl (C=O) groups excluding carboxylic acids is 1. The second-order valence-electron chi connectivity index (χ2n) is 8.85. The molecule has 0 bridgehead atoms.